The Balaban J connectivity index is 2.32. The Kier molecular flexibility index (Phi) is 3.12. The third kappa shape index (κ3) is 1.87. The van der Waals surface area contributed by atoms with Crippen LogP contribution in [0.25, 0.3) is 11.3 Å². The van der Waals surface area contributed by atoms with Gasteiger partial charge in [-0.05, 0) is 44.0 Å². The highest BCUT2D eigenvalue weighted by molar-refractivity contribution is 5.76. The van der Waals surface area contributed by atoms with Crippen molar-refractivity contribution in [2.75, 3.05) is 14.2 Å². The lowest BCUT2D eigenvalue weighted by Gasteiger charge is -2.35. The molecule has 0 unspecified atom stereocenters. The van der Waals surface area contributed by atoms with Crippen LogP contribution >= 0.6 is 0 Å². The average molecular weight is 301 g/mol. The van der Waals surface area contributed by atoms with Crippen LogP contribution in [-0.2, 0) is 12.0 Å². The van der Waals surface area contributed by atoms with E-state index in [-0.39, 0.29) is 17.1 Å². The second kappa shape index (κ2) is 4.76. The first-order valence-corrected chi connectivity index (χ1v) is 7.01. The van der Waals surface area contributed by atoms with E-state index < -0.39 is 0 Å². The average Bonchev–Trinajstić information content (AvgIpc) is 2.83. The highest BCUT2D eigenvalue weighted by atomic mass is 16.5. The molecule has 6 nitrogen and oxygen atoms in total. The van der Waals surface area contributed by atoms with Gasteiger partial charge in [0.15, 0.2) is 11.5 Å². The minimum Gasteiger partial charge on any atom is -0.493 e. The molecule has 0 aliphatic carbocycles. The SMILES string of the molecule is COc1cc2c(cc1OC)-c1cc(N=N)c(O)n1C(C)(C)C2. The van der Waals surface area contributed by atoms with E-state index in [1.54, 1.807) is 20.3 Å². The second-order valence-corrected chi connectivity index (χ2v) is 6.04. The lowest BCUT2D eigenvalue weighted by molar-refractivity contribution is 0.297. The van der Waals surface area contributed by atoms with Gasteiger partial charge in [-0.2, -0.15) is 5.11 Å². The van der Waals surface area contributed by atoms with Crippen LogP contribution in [0.15, 0.2) is 23.3 Å². The normalized spacial score (nSPS) is 14.9. The zero-order valence-corrected chi connectivity index (χ0v) is 13.1. The van der Waals surface area contributed by atoms with Crippen molar-refractivity contribution in [2.24, 2.45) is 5.11 Å². The largest absolute Gasteiger partial charge is 0.493 e. The van der Waals surface area contributed by atoms with Crippen LogP contribution in [0.3, 0.4) is 0 Å². The lowest BCUT2D eigenvalue weighted by atomic mass is 9.86. The maximum Gasteiger partial charge on any atom is 0.220 e. The number of ether oxygens (including phenoxy) is 2. The fourth-order valence-electron chi connectivity index (χ4n) is 3.23. The van der Waals surface area contributed by atoms with Gasteiger partial charge < -0.3 is 19.1 Å². The van der Waals surface area contributed by atoms with Gasteiger partial charge in [0.25, 0.3) is 0 Å². The number of hydrogen-bond donors (Lipinski definition) is 2. The molecule has 2 N–H and O–H groups in total. The van der Waals surface area contributed by atoms with Gasteiger partial charge in [-0.3, -0.25) is 0 Å². The predicted octanol–water partition coefficient (Wildman–Crippen LogP) is 3.83. The summed E-state index contributed by atoms with van der Waals surface area (Å²) in [5.41, 5.74) is 10.1. The molecule has 0 saturated heterocycles. The summed E-state index contributed by atoms with van der Waals surface area (Å²) < 4.78 is 12.6. The second-order valence-electron chi connectivity index (χ2n) is 6.04. The molecule has 22 heavy (non-hydrogen) atoms. The number of methoxy groups -OCH3 is 2. The summed E-state index contributed by atoms with van der Waals surface area (Å²) in [6.45, 7) is 4.09. The number of nitrogens with zero attached hydrogens (tertiary/aromatic N) is 2. The van der Waals surface area contributed by atoms with Gasteiger partial charge >= 0.3 is 0 Å². The van der Waals surface area contributed by atoms with Crippen LogP contribution in [0.2, 0.25) is 0 Å². The number of aromatic nitrogens is 1. The minimum absolute atomic E-state index is 0.0236. The molecule has 0 spiro atoms. The van der Waals surface area contributed by atoms with Crippen molar-refractivity contribution in [3.63, 3.8) is 0 Å². The molecule has 1 aromatic heterocycles. The van der Waals surface area contributed by atoms with E-state index in [0.717, 1.165) is 23.2 Å². The molecule has 0 atom stereocenters. The van der Waals surface area contributed by atoms with Crippen molar-refractivity contribution >= 4 is 5.69 Å². The molecule has 0 bridgehead atoms. The topological polar surface area (TPSA) is 79.8 Å². The van der Waals surface area contributed by atoms with Gasteiger partial charge in [-0.15, -0.1) is 0 Å². The maximum absolute atomic E-state index is 10.4. The molecule has 116 valence electrons. The number of nitrogens with one attached hydrogen (secondary N) is 1. The van der Waals surface area contributed by atoms with Gasteiger partial charge in [-0.1, -0.05) is 0 Å². The summed E-state index contributed by atoms with van der Waals surface area (Å²) in [5.74, 6) is 1.35. The quantitative estimate of drug-likeness (QED) is 0.845. The highest BCUT2D eigenvalue weighted by Gasteiger charge is 2.35. The van der Waals surface area contributed by atoms with E-state index in [2.05, 4.69) is 5.11 Å². The fraction of sp³-hybridized carbons (Fsp3) is 0.375. The molecule has 6 heteroatoms. The standard InChI is InChI=1S/C16H19N3O3/c1-16(2)8-9-5-13(21-3)14(22-4)6-10(9)12-7-11(18-17)15(20)19(12)16/h5-7,17,20H,8H2,1-4H3. The lowest BCUT2D eigenvalue weighted by Crippen LogP contribution is -2.32. The zero-order chi connectivity index (χ0) is 16.1. The third-order valence-electron chi connectivity index (χ3n) is 4.19. The summed E-state index contributed by atoms with van der Waals surface area (Å²) in [4.78, 5) is 0. The molecular formula is C16H19N3O3. The van der Waals surface area contributed by atoms with Gasteiger partial charge in [0, 0.05) is 11.1 Å². The summed E-state index contributed by atoms with van der Waals surface area (Å²) in [6, 6.07) is 5.61. The Labute approximate surface area is 128 Å². The van der Waals surface area contributed by atoms with Crippen LogP contribution in [0.1, 0.15) is 19.4 Å². The number of fused-ring (bicyclic) bond motifs is 3. The molecule has 0 radical (unpaired) electrons. The van der Waals surface area contributed by atoms with E-state index in [1.165, 1.54) is 0 Å². The molecule has 0 amide bonds. The van der Waals surface area contributed by atoms with E-state index in [9.17, 15) is 5.11 Å². The van der Waals surface area contributed by atoms with Gasteiger partial charge in [0.1, 0.15) is 5.69 Å². The molecule has 2 aromatic rings. The van der Waals surface area contributed by atoms with E-state index in [0.29, 0.717) is 11.5 Å². The number of hydrogen-bond acceptors (Lipinski definition) is 5. The Bertz CT molecular complexity index is 762. The maximum atomic E-state index is 10.4. The van der Waals surface area contributed by atoms with Crippen molar-refractivity contribution in [1.29, 1.82) is 5.53 Å². The third-order valence-corrected chi connectivity index (χ3v) is 4.19. The number of rotatable bonds is 3. The number of aromatic hydroxyl groups is 1. The molecule has 3 rings (SSSR count). The summed E-state index contributed by atoms with van der Waals surface area (Å²) in [5, 5.41) is 13.8. The zero-order valence-electron chi connectivity index (χ0n) is 13.1. The highest BCUT2D eigenvalue weighted by Crippen LogP contribution is 2.48. The molecule has 0 fully saturated rings. The van der Waals surface area contributed by atoms with E-state index in [4.69, 9.17) is 15.0 Å². The Morgan fingerprint density at radius 2 is 1.82 bits per heavy atom. The first-order chi connectivity index (χ1) is 10.4. The van der Waals surface area contributed by atoms with Crippen LogP contribution < -0.4 is 9.47 Å². The summed E-state index contributed by atoms with van der Waals surface area (Å²) >= 11 is 0. The predicted molar refractivity (Wildman–Crippen MR) is 82.5 cm³/mol. The Hall–Kier alpha value is -2.50. The van der Waals surface area contributed by atoms with Gasteiger partial charge in [0.2, 0.25) is 5.88 Å². The first-order valence-electron chi connectivity index (χ1n) is 7.01. The van der Waals surface area contributed by atoms with Crippen molar-refractivity contribution < 1.29 is 14.6 Å². The molecule has 2 heterocycles. The molecular weight excluding hydrogens is 282 g/mol. The van der Waals surface area contributed by atoms with Gasteiger partial charge in [0.05, 0.1) is 19.9 Å². The van der Waals surface area contributed by atoms with E-state index >= 15 is 0 Å². The van der Waals surface area contributed by atoms with Gasteiger partial charge in [-0.25, -0.2) is 5.53 Å². The summed E-state index contributed by atoms with van der Waals surface area (Å²) in [6.07, 6.45) is 0.732. The summed E-state index contributed by atoms with van der Waals surface area (Å²) in [7, 11) is 3.21. The molecule has 1 aromatic carbocycles. The van der Waals surface area contributed by atoms with Crippen molar-refractivity contribution in [2.45, 2.75) is 25.8 Å². The van der Waals surface area contributed by atoms with Crippen LogP contribution in [0.5, 0.6) is 17.4 Å². The first kappa shape index (κ1) is 14.4. The van der Waals surface area contributed by atoms with E-state index in [1.807, 2.05) is 30.5 Å². The van der Waals surface area contributed by atoms with Crippen molar-refractivity contribution in [3.8, 4) is 28.6 Å². The fourth-order valence-corrected chi connectivity index (χ4v) is 3.23. The van der Waals surface area contributed by atoms with Crippen LogP contribution in [0, 0.1) is 5.53 Å². The minimum atomic E-state index is -0.324. The Morgan fingerprint density at radius 3 is 2.41 bits per heavy atom. The number of benzene rings is 1. The molecule has 1 aliphatic heterocycles. The molecule has 1 aliphatic rings. The smallest absolute Gasteiger partial charge is 0.220 e. The monoisotopic (exact) mass is 301 g/mol. The molecule has 0 saturated carbocycles. The Morgan fingerprint density at radius 1 is 1.18 bits per heavy atom. The van der Waals surface area contributed by atoms with Crippen molar-refractivity contribution in [3.05, 3.63) is 23.8 Å². The van der Waals surface area contributed by atoms with Crippen LogP contribution in [-0.4, -0.2) is 23.9 Å². The van der Waals surface area contributed by atoms with Crippen LogP contribution in [0.4, 0.5) is 5.69 Å². The van der Waals surface area contributed by atoms with Crippen molar-refractivity contribution in [1.82, 2.24) is 4.57 Å².